The minimum atomic E-state index is -0.218. The number of amides is 1. The van der Waals surface area contributed by atoms with Crippen molar-refractivity contribution in [1.82, 2.24) is 24.8 Å². The highest BCUT2D eigenvalue weighted by atomic mass is 16.5. The number of pyridine rings is 2. The summed E-state index contributed by atoms with van der Waals surface area (Å²) < 4.78 is 5.41. The Balaban J connectivity index is 1.01. The molecule has 0 spiro atoms. The van der Waals surface area contributed by atoms with Crippen molar-refractivity contribution in [2.45, 2.75) is 6.54 Å². The summed E-state index contributed by atoms with van der Waals surface area (Å²) in [6.07, 6.45) is 3.50. The van der Waals surface area contributed by atoms with Gasteiger partial charge in [0.15, 0.2) is 0 Å². The zero-order valence-electron chi connectivity index (χ0n) is 25.4. The predicted octanol–water partition coefficient (Wildman–Crippen LogP) is 5.98. The van der Waals surface area contributed by atoms with Gasteiger partial charge in [0, 0.05) is 61.9 Å². The van der Waals surface area contributed by atoms with Crippen LogP contribution in [0.4, 0.5) is 11.5 Å². The summed E-state index contributed by atoms with van der Waals surface area (Å²) >= 11 is 0. The number of hydrogen-bond acceptors (Lipinski definition) is 8. The van der Waals surface area contributed by atoms with Gasteiger partial charge < -0.3 is 25.0 Å². The molecule has 10 nitrogen and oxygen atoms in total. The number of aromatic amines is 1. The number of carbonyl (C=O) groups is 1. The van der Waals surface area contributed by atoms with E-state index in [2.05, 4.69) is 53.3 Å². The van der Waals surface area contributed by atoms with Crippen molar-refractivity contribution in [1.29, 1.82) is 0 Å². The lowest BCUT2D eigenvalue weighted by Crippen LogP contribution is -2.46. The number of phenolic OH excluding ortho intramolecular Hbond substituents is 1. The van der Waals surface area contributed by atoms with Gasteiger partial charge in [-0.3, -0.25) is 9.69 Å². The fourth-order valence-corrected chi connectivity index (χ4v) is 5.78. The number of fused-ring (bicyclic) bond motifs is 1. The van der Waals surface area contributed by atoms with Crippen LogP contribution in [0.15, 0.2) is 103 Å². The SMILES string of the molecule is COc1ncccc1-c1ccc(O)c(-c2nc3ccc(C(=O)Nc4ccc(CN5CCN(c6ccccn6)CC5)cc4)cc3[nH]2)c1. The Morgan fingerprint density at radius 3 is 2.50 bits per heavy atom. The molecule has 46 heavy (non-hydrogen) atoms. The van der Waals surface area contributed by atoms with E-state index in [4.69, 9.17) is 4.74 Å². The van der Waals surface area contributed by atoms with Crippen LogP contribution >= 0.6 is 0 Å². The van der Waals surface area contributed by atoms with E-state index < -0.39 is 0 Å². The molecule has 6 aromatic rings. The highest BCUT2D eigenvalue weighted by molar-refractivity contribution is 6.06. The average Bonchev–Trinajstić information content (AvgIpc) is 3.53. The van der Waals surface area contributed by atoms with Crippen molar-refractivity contribution >= 4 is 28.4 Å². The quantitative estimate of drug-likeness (QED) is 0.193. The fraction of sp³-hybridized carbons (Fsp3) is 0.167. The molecule has 230 valence electrons. The third-order valence-electron chi connectivity index (χ3n) is 8.23. The molecular weight excluding hydrogens is 578 g/mol. The van der Waals surface area contributed by atoms with E-state index in [1.54, 1.807) is 43.6 Å². The number of hydrogen-bond donors (Lipinski definition) is 3. The molecule has 3 N–H and O–H groups in total. The van der Waals surface area contributed by atoms with Gasteiger partial charge in [-0.2, -0.15) is 0 Å². The minimum Gasteiger partial charge on any atom is -0.507 e. The second kappa shape index (κ2) is 12.7. The van der Waals surface area contributed by atoms with Crippen LogP contribution < -0.4 is 15.0 Å². The molecule has 0 radical (unpaired) electrons. The minimum absolute atomic E-state index is 0.0822. The highest BCUT2D eigenvalue weighted by Gasteiger charge is 2.19. The molecule has 0 unspecified atom stereocenters. The molecule has 1 fully saturated rings. The van der Waals surface area contributed by atoms with Gasteiger partial charge in [-0.1, -0.05) is 24.3 Å². The number of carbonyl (C=O) groups excluding carboxylic acids is 1. The first kappa shape index (κ1) is 29.0. The summed E-state index contributed by atoms with van der Waals surface area (Å²) in [4.78, 5) is 34.6. The number of anilines is 2. The van der Waals surface area contributed by atoms with Crippen molar-refractivity contribution in [3.8, 4) is 34.1 Å². The Kier molecular flexibility index (Phi) is 8.01. The van der Waals surface area contributed by atoms with Crippen molar-refractivity contribution in [3.63, 3.8) is 0 Å². The molecule has 1 aliphatic heterocycles. The van der Waals surface area contributed by atoms with Crippen molar-refractivity contribution in [2.24, 2.45) is 0 Å². The summed E-state index contributed by atoms with van der Waals surface area (Å²) in [5.74, 6) is 1.87. The number of methoxy groups -OCH3 is 1. The first-order valence-corrected chi connectivity index (χ1v) is 15.2. The molecule has 1 amide bonds. The molecule has 3 aromatic carbocycles. The fourth-order valence-electron chi connectivity index (χ4n) is 5.78. The van der Waals surface area contributed by atoms with Crippen LogP contribution in [0.5, 0.6) is 11.6 Å². The Hall–Kier alpha value is -5.74. The van der Waals surface area contributed by atoms with Gasteiger partial charge in [0.25, 0.3) is 5.91 Å². The number of phenols is 1. The number of piperazine rings is 1. The second-order valence-electron chi connectivity index (χ2n) is 11.2. The van der Waals surface area contributed by atoms with Crippen molar-refractivity contribution < 1.29 is 14.6 Å². The number of imidazole rings is 1. The van der Waals surface area contributed by atoms with Crippen LogP contribution in [0.3, 0.4) is 0 Å². The maximum atomic E-state index is 13.2. The van der Waals surface area contributed by atoms with Gasteiger partial charge in [-0.15, -0.1) is 0 Å². The van der Waals surface area contributed by atoms with Crippen LogP contribution in [0.2, 0.25) is 0 Å². The van der Waals surface area contributed by atoms with E-state index in [-0.39, 0.29) is 11.7 Å². The molecule has 7 rings (SSSR count). The smallest absolute Gasteiger partial charge is 0.255 e. The van der Waals surface area contributed by atoms with Crippen LogP contribution in [0.1, 0.15) is 15.9 Å². The number of aromatic hydroxyl groups is 1. The number of nitrogens with one attached hydrogen (secondary N) is 2. The lowest BCUT2D eigenvalue weighted by molar-refractivity contribution is 0.102. The molecule has 3 aromatic heterocycles. The van der Waals surface area contributed by atoms with Crippen LogP contribution in [-0.4, -0.2) is 69.1 Å². The van der Waals surface area contributed by atoms with Crippen molar-refractivity contribution in [3.05, 3.63) is 115 Å². The number of H-pyrrole nitrogens is 1. The summed E-state index contributed by atoms with van der Waals surface area (Å²) in [6, 6.07) is 28.4. The van der Waals surface area contributed by atoms with E-state index in [1.807, 2.05) is 48.7 Å². The number of nitrogens with zero attached hydrogens (tertiary/aromatic N) is 5. The Bertz CT molecular complexity index is 1990. The molecule has 4 heterocycles. The van der Waals surface area contributed by atoms with Crippen molar-refractivity contribution in [2.75, 3.05) is 43.5 Å². The third kappa shape index (κ3) is 6.11. The molecule has 0 aliphatic carbocycles. The predicted molar refractivity (Wildman–Crippen MR) is 179 cm³/mol. The van der Waals surface area contributed by atoms with E-state index in [9.17, 15) is 9.90 Å². The molecule has 1 aliphatic rings. The van der Waals surface area contributed by atoms with Crippen LogP contribution in [-0.2, 0) is 6.54 Å². The molecule has 1 saturated heterocycles. The van der Waals surface area contributed by atoms with Crippen LogP contribution in [0.25, 0.3) is 33.5 Å². The van der Waals surface area contributed by atoms with Gasteiger partial charge >= 0.3 is 0 Å². The maximum absolute atomic E-state index is 13.2. The largest absolute Gasteiger partial charge is 0.507 e. The first-order chi connectivity index (χ1) is 22.5. The third-order valence-corrected chi connectivity index (χ3v) is 8.23. The van der Waals surface area contributed by atoms with Crippen LogP contribution in [0, 0.1) is 0 Å². The second-order valence-corrected chi connectivity index (χ2v) is 11.2. The van der Waals surface area contributed by atoms with E-state index in [1.165, 1.54) is 5.56 Å². The Morgan fingerprint density at radius 2 is 1.72 bits per heavy atom. The summed E-state index contributed by atoms with van der Waals surface area (Å²) in [7, 11) is 1.57. The standard InChI is InChI=1S/C36H33N7O3/c1-46-36-28(5-4-16-38-36)25-10-14-32(44)29(21-25)34-40-30-13-9-26(22-31(30)41-34)35(45)39-27-11-7-24(8-12-27)23-42-17-19-43(20-18-42)33-6-2-3-15-37-33/h2-16,21-22,44H,17-20,23H2,1H3,(H,39,45)(H,40,41). The van der Waals surface area contributed by atoms with E-state index >= 15 is 0 Å². The number of rotatable bonds is 8. The van der Waals surface area contributed by atoms with E-state index in [0.29, 0.717) is 33.9 Å². The van der Waals surface area contributed by atoms with Gasteiger partial charge in [0.2, 0.25) is 5.88 Å². The molecule has 0 atom stereocenters. The zero-order valence-corrected chi connectivity index (χ0v) is 25.4. The lowest BCUT2D eigenvalue weighted by Gasteiger charge is -2.35. The number of aromatic nitrogens is 4. The van der Waals surface area contributed by atoms with Gasteiger partial charge in [0.1, 0.15) is 17.4 Å². The molecule has 10 heteroatoms. The van der Waals surface area contributed by atoms with Gasteiger partial charge in [-0.05, 0) is 77.9 Å². The normalized spacial score (nSPS) is 13.5. The number of benzene rings is 3. The Labute approximate surface area is 266 Å². The topological polar surface area (TPSA) is 120 Å². The highest BCUT2D eigenvalue weighted by Crippen LogP contribution is 2.35. The Morgan fingerprint density at radius 1 is 0.891 bits per heavy atom. The number of ether oxygens (including phenoxy) is 1. The molecule has 0 bridgehead atoms. The molecular formula is C36H33N7O3. The lowest BCUT2D eigenvalue weighted by atomic mass is 10.0. The first-order valence-electron chi connectivity index (χ1n) is 15.2. The van der Waals surface area contributed by atoms with Gasteiger partial charge in [-0.25, -0.2) is 15.0 Å². The summed E-state index contributed by atoms with van der Waals surface area (Å²) in [5.41, 5.74) is 5.94. The zero-order chi connectivity index (χ0) is 31.5. The van der Waals surface area contributed by atoms with E-state index in [0.717, 1.165) is 55.4 Å². The molecule has 0 saturated carbocycles. The summed E-state index contributed by atoms with van der Waals surface area (Å²) in [5, 5.41) is 13.7. The maximum Gasteiger partial charge on any atom is 0.255 e. The monoisotopic (exact) mass is 611 g/mol. The van der Waals surface area contributed by atoms with Gasteiger partial charge in [0.05, 0.1) is 23.7 Å². The average molecular weight is 612 g/mol. The summed E-state index contributed by atoms with van der Waals surface area (Å²) in [6.45, 7) is 4.69.